The van der Waals surface area contributed by atoms with Crippen LogP contribution in [-0.4, -0.2) is 32.8 Å². The summed E-state index contributed by atoms with van der Waals surface area (Å²) in [7, 11) is 1.85. The zero-order valence-corrected chi connectivity index (χ0v) is 13.1. The van der Waals surface area contributed by atoms with E-state index in [0.29, 0.717) is 11.4 Å². The van der Waals surface area contributed by atoms with E-state index in [1.807, 2.05) is 7.05 Å². The van der Waals surface area contributed by atoms with Crippen LogP contribution in [0.15, 0.2) is 4.79 Å². The predicted molar refractivity (Wildman–Crippen MR) is 86.4 cm³/mol. The molecule has 0 bridgehead atoms. The van der Waals surface area contributed by atoms with E-state index in [1.165, 1.54) is 44.9 Å². The minimum atomic E-state index is -0.0650. The van der Waals surface area contributed by atoms with Crippen molar-refractivity contribution in [2.75, 3.05) is 18.0 Å². The van der Waals surface area contributed by atoms with Crippen LogP contribution in [0, 0.1) is 0 Å². The number of hydrogen-bond acceptors (Lipinski definition) is 4. The Labute approximate surface area is 129 Å². The van der Waals surface area contributed by atoms with Gasteiger partial charge in [-0.25, -0.2) is 4.98 Å². The average molecular weight is 301 g/mol. The van der Waals surface area contributed by atoms with Gasteiger partial charge >= 0.3 is 0 Å². The van der Waals surface area contributed by atoms with Crippen molar-refractivity contribution in [1.29, 1.82) is 0 Å². The van der Waals surface area contributed by atoms with E-state index < -0.39 is 0 Å². The molecule has 2 fully saturated rings. The van der Waals surface area contributed by atoms with Gasteiger partial charge in [0.15, 0.2) is 5.52 Å². The van der Waals surface area contributed by atoms with Gasteiger partial charge in [-0.15, -0.1) is 0 Å². The smallest absolute Gasteiger partial charge is 0.278 e. The lowest BCUT2D eigenvalue weighted by molar-refractivity contribution is 0.568. The number of hydrogen-bond donors (Lipinski definition) is 1. The number of piperidine rings is 1. The number of anilines is 1. The Hall–Kier alpha value is -1.85. The van der Waals surface area contributed by atoms with E-state index in [1.54, 1.807) is 4.68 Å². The van der Waals surface area contributed by atoms with E-state index in [9.17, 15) is 4.79 Å². The molecule has 2 aromatic rings. The fraction of sp³-hybridized carbons (Fsp3) is 0.688. The summed E-state index contributed by atoms with van der Waals surface area (Å²) >= 11 is 0. The molecular weight excluding hydrogens is 278 g/mol. The quantitative estimate of drug-likeness (QED) is 0.924. The maximum absolute atomic E-state index is 12.5. The highest BCUT2D eigenvalue weighted by atomic mass is 16.1. The molecule has 0 amide bonds. The lowest BCUT2D eigenvalue weighted by Gasteiger charge is -2.26. The van der Waals surface area contributed by atoms with Crippen LogP contribution in [0.3, 0.4) is 0 Å². The van der Waals surface area contributed by atoms with E-state index in [4.69, 9.17) is 4.98 Å². The number of H-pyrrole nitrogens is 1. The highest BCUT2D eigenvalue weighted by Crippen LogP contribution is 2.36. The summed E-state index contributed by atoms with van der Waals surface area (Å²) in [6.45, 7) is 1.96. The largest absolute Gasteiger partial charge is 0.342 e. The summed E-state index contributed by atoms with van der Waals surface area (Å²) < 4.78 is 1.70. The zero-order valence-electron chi connectivity index (χ0n) is 13.1. The van der Waals surface area contributed by atoms with E-state index in [0.717, 1.165) is 30.2 Å². The number of rotatable bonds is 2. The van der Waals surface area contributed by atoms with E-state index in [2.05, 4.69) is 15.0 Å². The second-order valence-electron chi connectivity index (χ2n) is 6.62. The van der Waals surface area contributed by atoms with Gasteiger partial charge in [0.2, 0.25) is 5.95 Å². The van der Waals surface area contributed by atoms with E-state index in [-0.39, 0.29) is 5.56 Å². The van der Waals surface area contributed by atoms with Gasteiger partial charge in [-0.2, -0.15) is 5.10 Å². The zero-order chi connectivity index (χ0) is 15.1. The van der Waals surface area contributed by atoms with Gasteiger partial charge < -0.3 is 4.90 Å². The second kappa shape index (κ2) is 5.41. The molecule has 0 aromatic carbocycles. The van der Waals surface area contributed by atoms with Crippen molar-refractivity contribution in [2.24, 2.45) is 7.05 Å². The molecule has 6 nitrogen and oxygen atoms in total. The van der Waals surface area contributed by atoms with Gasteiger partial charge in [-0.05, 0) is 32.1 Å². The third-order valence-electron chi connectivity index (χ3n) is 5.10. The van der Waals surface area contributed by atoms with Gasteiger partial charge in [0.1, 0.15) is 5.52 Å². The molecule has 1 aliphatic heterocycles. The molecular formula is C16H23N5O. The molecule has 3 heterocycles. The molecule has 1 saturated heterocycles. The molecule has 6 heteroatoms. The standard InChI is InChI=1S/C16H23N5O/c1-20-14-13(12(19-20)11-7-3-4-8-11)17-16(18-15(14)22)21-9-5-2-6-10-21/h11H,2-10H2,1H3,(H,17,18,22). The lowest BCUT2D eigenvalue weighted by atomic mass is 10.0. The van der Waals surface area contributed by atoms with Crippen LogP contribution in [0.25, 0.3) is 11.0 Å². The Bertz CT molecular complexity index is 735. The molecule has 0 unspecified atom stereocenters. The van der Waals surface area contributed by atoms with Crippen molar-refractivity contribution in [3.63, 3.8) is 0 Å². The summed E-state index contributed by atoms with van der Waals surface area (Å²) in [5.41, 5.74) is 2.39. The fourth-order valence-electron chi connectivity index (χ4n) is 3.92. The predicted octanol–water partition coefficient (Wildman–Crippen LogP) is 2.30. The maximum Gasteiger partial charge on any atom is 0.278 e. The third kappa shape index (κ3) is 2.21. The molecule has 0 atom stereocenters. The second-order valence-corrected chi connectivity index (χ2v) is 6.62. The van der Waals surface area contributed by atoms with Crippen LogP contribution in [0.1, 0.15) is 56.6 Å². The average Bonchev–Trinajstić information content (AvgIpc) is 3.16. The van der Waals surface area contributed by atoms with Gasteiger partial charge in [0, 0.05) is 26.1 Å². The molecule has 1 saturated carbocycles. The first-order chi connectivity index (χ1) is 10.7. The number of aryl methyl sites for hydroxylation is 1. The first-order valence-electron chi connectivity index (χ1n) is 8.46. The molecule has 1 N–H and O–H groups in total. The van der Waals surface area contributed by atoms with Crippen molar-refractivity contribution in [3.05, 3.63) is 16.0 Å². The molecule has 1 aliphatic carbocycles. The van der Waals surface area contributed by atoms with Crippen molar-refractivity contribution < 1.29 is 0 Å². The van der Waals surface area contributed by atoms with Crippen molar-refractivity contribution in [2.45, 2.75) is 50.9 Å². The summed E-state index contributed by atoms with van der Waals surface area (Å²) in [5.74, 6) is 1.19. The highest BCUT2D eigenvalue weighted by Gasteiger charge is 2.26. The number of aromatic amines is 1. The molecule has 0 spiro atoms. The monoisotopic (exact) mass is 301 g/mol. The Morgan fingerprint density at radius 3 is 2.55 bits per heavy atom. The van der Waals surface area contributed by atoms with Gasteiger partial charge in [-0.1, -0.05) is 12.8 Å². The van der Waals surface area contributed by atoms with Crippen LogP contribution in [-0.2, 0) is 7.05 Å². The fourth-order valence-corrected chi connectivity index (χ4v) is 3.92. The minimum Gasteiger partial charge on any atom is -0.342 e. The molecule has 2 aromatic heterocycles. The molecule has 118 valence electrons. The van der Waals surface area contributed by atoms with Crippen molar-refractivity contribution in [3.8, 4) is 0 Å². The Kier molecular flexibility index (Phi) is 3.39. The normalized spacial score (nSPS) is 20.1. The van der Waals surface area contributed by atoms with Crippen LogP contribution < -0.4 is 10.5 Å². The van der Waals surface area contributed by atoms with Gasteiger partial charge in [0.25, 0.3) is 5.56 Å². The first kappa shape index (κ1) is 13.8. The van der Waals surface area contributed by atoms with Crippen molar-refractivity contribution >= 4 is 17.0 Å². The Morgan fingerprint density at radius 2 is 1.82 bits per heavy atom. The Balaban J connectivity index is 1.83. The summed E-state index contributed by atoms with van der Waals surface area (Å²) in [4.78, 5) is 22.5. The van der Waals surface area contributed by atoms with Crippen LogP contribution >= 0.6 is 0 Å². The first-order valence-corrected chi connectivity index (χ1v) is 8.46. The molecule has 0 radical (unpaired) electrons. The lowest BCUT2D eigenvalue weighted by Crippen LogP contribution is -2.32. The Morgan fingerprint density at radius 1 is 1.09 bits per heavy atom. The molecule has 4 rings (SSSR count). The topological polar surface area (TPSA) is 66.8 Å². The summed E-state index contributed by atoms with van der Waals surface area (Å²) in [5, 5.41) is 4.63. The molecule has 2 aliphatic rings. The summed E-state index contributed by atoms with van der Waals surface area (Å²) in [6.07, 6.45) is 8.45. The van der Waals surface area contributed by atoms with Crippen LogP contribution in [0.5, 0.6) is 0 Å². The minimum absolute atomic E-state index is 0.0650. The van der Waals surface area contributed by atoms with Gasteiger partial charge in [-0.3, -0.25) is 14.5 Å². The SMILES string of the molecule is Cn1nc(C2CCCC2)c2nc(N3CCCCC3)[nH]c(=O)c21. The van der Waals surface area contributed by atoms with Crippen molar-refractivity contribution in [1.82, 2.24) is 19.7 Å². The van der Waals surface area contributed by atoms with Gasteiger partial charge in [0.05, 0.1) is 5.69 Å². The number of nitrogens with one attached hydrogen (secondary N) is 1. The van der Waals surface area contributed by atoms with Crippen LogP contribution in [0.4, 0.5) is 5.95 Å². The third-order valence-corrected chi connectivity index (χ3v) is 5.10. The van der Waals surface area contributed by atoms with E-state index >= 15 is 0 Å². The number of fused-ring (bicyclic) bond motifs is 1. The summed E-state index contributed by atoms with van der Waals surface area (Å²) in [6, 6.07) is 0. The maximum atomic E-state index is 12.5. The highest BCUT2D eigenvalue weighted by molar-refractivity contribution is 5.78. The number of aromatic nitrogens is 4. The van der Waals surface area contributed by atoms with Crippen LogP contribution in [0.2, 0.25) is 0 Å². The molecule has 22 heavy (non-hydrogen) atoms. The number of nitrogens with zero attached hydrogens (tertiary/aromatic N) is 4.